The van der Waals surface area contributed by atoms with Gasteiger partial charge in [-0.2, -0.15) is 0 Å². The molecule has 3 aliphatic heterocycles. The molecule has 2 aliphatic carbocycles. The number of benzene rings is 3. The minimum absolute atomic E-state index is 0.0896. The van der Waals surface area contributed by atoms with Gasteiger partial charge in [0.05, 0.1) is 43.6 Å². The SMILES string of the molecule is Nc1nc(Cl)cnc1Sc1cccc(Cl)c1Cl.Nc1nc(N2CCC3(CCC3N)CC2)cnc1Sc1cccc(Cl)c1Cl.O=C1c2ccccc2C(=O)N1C1CCC12CCNCC2. The molecule has 19 heteroatoms. The summed E-state index contributed by atoms with van der Waals surface area (Å²) in [5.41, 5.74) is 19.8. The third-order valence-electron chi connectivity index (χ3n) is 12.9. The average Bonchev–Trinajstić information content (AvgIpc) is 3.53. The molecule has 2 saturated carbocycles. The Bertz CT molecular complexity index is 2490. The van der Waals surface area contributed by atoms with Crippen LogP contribution in [0.1, 0.15) is 72.1 Å². The van der Waals surface area contributed by atoms with E-state index in [4.69, 9.17) is 75.2 Å². The lowest BCUT2D eigenvalue weighted by molar-refractivity contribution is -0.0259. The Balaban J connectivity index is 0.000000133. The Labute approximate surface area is 399 Å². The Hall–Kier alpha value is -3.57. The van der Waals surface area contributed by atoms with Crippen LogP contribution < -0.4 is 27.4 Å². The van der Waals surface area contributed by atoms with E-state index in [0.29, 0.717) is 58.5 Å². The maximum atomic E-state index is 12.6. The highest BCUT2D eigenvalue weighted by Gasteiger charge is 2.55. The first-order chi connectivity index (χ1) is 30.3. The molecule has 2 unspecified atom stereocenters. The quantitative estimate of drug-likeness (QED) is 0.118. The Morgan fingerprint density at radius 3 is 1.67 bits per heavy atom. The van der Waals surface area contributed by atoms with Crippen LogP contribution in [0.2, 0.25) is 25.2 Å². The van der Waals surface area contributed by atoms with Crippen molar-refractivity contribution >= 4 is 111 Å². The Morgan fingerprint density at radius 2 is 1.19 bits per heavy atom. The van der Waals surface area contributed by atoms with Crippen molar-refractivity contribution in [2.45, 2.75) is 83.3 Å². The van der Waals surface area contributed by atoms with E-state index in [9.17, 15) is 9.59 Å². The fourth-order valence-corrected chi connectivity index (χ4v) is 11.7. The fourth-order valence-electron chi connectivity index (χ4n) is 9.00. The van der Waals surface area contributed by atoms with E-state index < -0.39 is 0 Å². The number of rotatable bonds is 6. The third-order valence-corrected chi connectivity index (χ3v) is 17.1. The summed E-state index contributed by atoms with van der Waals surface area (Å²) in [6.07, 6.45) is 12.1. The van der Waals surface area contributed by atoms with E-state index in [1.165, 1.54) is 36.1 Å². The van der Waals surface area contributed by atoms with Crippen LogP contribution in [-0.2, 0) is 0 Å². The topological polar surface area (TPSA) is 182 Å². The van der Waals surface area contributed by atoms with E-state index in [1.807, 2.05) is 30.3 Å². The number of nitrogens with two attached hydrogens (primary N) is 3. The lowest BCUT2D eigenvalue weighted by atomic mass is 9.59. The lowest BCUT2D eigenvalue weighted by Gasteiger charge is -2.54. The van der Waals surface area contributed by atoms with Crippen LogP contribution in [0.4, 0.5) is 17.5 Å². The molecule has 10 rings (SSSR count). The highest BCUT2D eigenvalue weighted by Crippen LogP contribution is 2.52. The number of fused-ring (bicyclic) bond motifs is 1. The largest absolute Gasteiger partial charge is 0.381 e. The zero-order chi connectivity index (χ0) is 44.5. The number of anilines is 3. The summed E-state index contributed by atoms with van der Waals surface area (Å²) in [7, 11) is 0. The summed E-state index contributed by atoms with van der Waals surface area (Å²) in [6, 6.07) is 18.5. The van der Waals surface area contributed by atoms with Crippen LogP contribution in [0.5, 0.6) is 0 Å². The summed E-state index contributed by atoms with van der Waals surface area (Å²) in [5.74, 6) is 1.32. The molecule has 7 N–H and O–H groups in total. The number of carbonyl (C=O) groups excluding carboxylic acids is 2. The summed E-state index contributed by atoms with van der Waals surface area (Å²) in [4.78, 5) is 47.6. The second kappa shape index (κ2) is 19.5. The molecule has 330 valence electrons. The van der Waals surface area contributed by atoms with Crippen molar-refractivity contribution in [2.24, 2.45) is 16.6 Å². The van der Waals surface area contributed by atoms with Gasteiger partial charge >= 0.3 is 0 Å². The van der Waals surface area contributed by atoms with Crippen LogP contribution in [0, 0.1) is 10.8 Å². The van der Waals surface area contributed by atoms with E-state index in [1.54, 1.807) is 41.4 Å². The molecular formula is C44H45Cl5N10O2S2. The van der Waals surface area contributed by atoms with Gasteiger partial charge in [-0.15, -0.1) is 0 Å². The second-order valence-corrected chi connectivity index (χ2v) is 20.3. The van der Waals surface area contributed by atoms with E-state index in [2.05, 4.69) is 30.2 Å². The first-order valence-electron chi connectivity index (χ1n) is 20.6. The van der Waals surface area contributed by atoms with Gasteiger partial charge in [-0.05, 0) is 112 Å². The summed E-state index contributed by atoms with van der Waals surface area (Å²) < 4.78 is 0. The Morgan fingerprint density at radius 1 is 0.651 bits per heavy atom. The molecule has 5 aliphatic rings. The van der Waals surface area contributed by atoms with E-state index in [-0.39, 0.29) is 34.2 Å². The van der Waals surface area contributed by atoms with Crippen molar-refractivity contribution in [2.75, 3.05) is 42.5 Å². The van der Waals surface area contributed by atoms with Gasteiger partial charge in [-0.25, -0.2) is 19.9 Å². The molecule has 12 nitrogen and oxygen atoms in total. The van der Waals surface area contributed by atoms with Gasteiger partial charge in [-0.3, -0.25) is 14.5 Å². The zero-order valence-corrected chi connectivity index (χ0v) is 39.4. The molecule has 2 saturated heterocycles. The predicted octanol–water partition coefficient (Wildman–Crippen LogP) is 10.2. The number of carbonyl (C=O) groups is 2. The van der Waals surface area contributed by atoms with Gasteiger partial charge in [-0.1, -0.05) is 106 Å². The fraction of sp³-hybridized carbons (Fsp3) is 0.364. The number of nitrogens with one attached hydrogen (secondary N) is 1. The minimum atomic E-state index is -0.0896. The van der Waals surface area contributed by atoms with Crippen LogP contribution >= 0.6 is 81.5 Å². The number of hydrogen-bond acceptors (Lipinski definition) is 13. The van der Waals surface area contributed by atoms with Crippen LogP contribution in [0.25, 0.3) is 0 Å². The van der Waals surface area contributed by atoms with Gasteiger partial charge in [0.25, 0.3) is 11.8 Å². The van der Waals surface area contributed by atoms with E-state index >= 15 is 0 Å². The van der Waals surface area contributed by atoms with Crippen LogP contribution in [0.15, 0.2) is 92.9 Å². The van der Waals surface area contributed by atoms with Crippen LogP contribution in [-0.4, -0.2) is 74.9 Å². The normalized spacial score (nSPS) is 20.5. The third kappa shape index (κ3) is 9.57. The van der Waals surface area contributed by atoms with Gasteiger partial charge in [0.2, 0.25) is 0 Å². The molecule has 2 amide bonds. The first-order valence-corrected chi connectivity index (χ1v) is 24.1. The maximum absolute atomic E-state index is 12.6. The highest BCUT2D eigenvalue weighted by molar-refractivity contribution is 7.99. The highest BCUT2D eigenvalue weighted by atomic mass is 35.5. The van der Waals surface area contributed by atoms with Crippen molar-refractivity contribution < 1.29 is 9.59 Å². The standard InChI is InChI=1S/C18H21Cl2N5S.C16H18N2O2.C10H6Cl3N3S/c19-11-2-1-3-12(15(11)20)26-17-16(22)24-14(10-23-17)25-8-6-18(7-9-25)5-4-13(18)21;19-14-11-3-1-2-4-12(11)15(20)18(14)13-5-6-16(13)7-9-17-10-8-16;11-5-2-1-3-6(8(5)13)17-10-9(14)16-7(12)4-15-10/h1-3,10,13H,4-9,21H2,(H2,22,24);1-4,13,17H,5-10H2;1-4H,(H2,14,16). The zero-order valence-electron chi connectivity index (χ0n) is 34.0. The average molecular weight is 987 g/mol. The molecule has 5 heterocycles. The number of halogens is 5. The van der Waals surface area contributed by atoms with Gasteiger partial charge in [0.15, 0.2) is 11.6 Å². The molecule has 2 spiro atoms. The molecule has 4 fully saturated rings. The van der Waals surface area contributed by atoms with Gasteiger partial charge in [0.1, 0.15) is 21.0 Å². The van der Waals surface area contributed by atoms with Crippen molar-refractivity contribution in [3.8, 4) is 0 Å². The monoisotopic (exact) mass is 984 g/mol. The molecule has 0 radical (unpaired) electrons. The lowest BCUT2D eigenvalue weighted by Crippen LogP contribution is -2.60. The van der Waals surface area contributed by atoms with Gasteiger partial charge < -0.3 is 27.4 Å². The van der Waals surface area contributed by atoms with Gasteiger partial charge in [0, 0.05) is 35.0 Å². The number of nitrogens with zero attached hydrogens (tertiary/aromatic N) is 6. The summed E-state index contributed by atoms with van der Waals surface area (Å²) >= 11 is 32.6. The number of hydrogen-bond donors (Lipinski definition) is 4. The predicted molar refractivity (Wildman–Crippen MR) is 255 cm³/mol. The molecule has 2 atom stereocenters. The summed E-state index contributed by atoms with van der Waals surface area (Å²) in [5, 5.41) is 6.76. The number of aromatic nitrogens is 4. The molecule has 5 aromatic rings. The smallest absolute Gasteiger partial charge is 0.261 e. The van der Waals surface area contributed by atoms with Crippen LogP contribution in [0.3, 0.4) is 0 Å². The minimum Gasteiger partial charge on any atom is -0.381 e. The molecule has 3 aromatic carbocycles. The van der Waals surface area contributed by atoms with Crippen molar-refractivity contribution in [1.29, 1.82) is 0 Å². The first kappa shape index (κ1) is 46.0. The van der Waals surface area contributed by atoms with Crippen molar-refractivity contribution in [3.63, 3.8) is 0 Å². The number of piperidine rings is 2. The van der Waals surface area contributed by atoms with Crippen molar-refractivity contribution in [3.05, 3.63) is 109 Å². The molecule has 0 bridgehead atoms. The maximum Gasteiger partial charge on any atom is 0.261 e. The molecule has 63 heavy (non-hydrogen) atoms. The van der Waals surface area contributed by atoms with E-state index in [0.717, 1.165) is 86.7 Å². The number of nitrogen functional groups attached to an aromatic ring is 2. The molecule has 2 aromatic heterocycles. The Kier molecular flexibility index (Phi) is 14.2. The number of imide groups is 1. The molecular weight excluding hydrogens is 942 g/mol. The summed E-state index contributed by atoms with van der Waals surface area (Å²) in [6.45, 7) is 3.90. The second-order valence-electron chi connectivity index (χ2n) is 16.3. The van der Waals surface area contributed by atoms with Crippen molar-refractivity contribution in [1.82, 2.24) is 30.2 Å². The number of amides is 2.